The van der Waals surface area contributed by atoms with Gasteiger partial charge in [-0.2, -0.15) is 4.98 Å². The van der Waals surface area contributed by atoms with Crippen LogP contribution in [-0.2, 0) is 6.54 Å². The number of pyridine rings is 1. The van der Waals surface area contributed by atoms with E-state index in [9.17, 15) is 4.79 Å². The van der Waals surface area contributed by atoms with E-state index >= 15 is 0 Å². The second kappa shape index (κ2) is 5.34. The molecular formula is C14H15IN6O. The number of nitrogens with one attached hydrogen (secondary N) is 1. The molecular weight excluding hydrogens is 395 g/mol. The second-order valence-corrected chi connectivity index (χ2v) is 6.29. The Hall–Kier alpha value is -1.97. The van der Waals surface area contributed by atoms with Crippen molar-refractivity contribution in [3.8, 4) is 0 Å². The maximum absolute atomic E-state index is 12.2. The Morgan fingerprint density at radius 2 is 2.05 bits per heavy atom. The van der Waals surface area contributed by atoms with Crippen LogP contribution in [0.15, 0.2) is 11.0 Å². The fraction of sp³-hybridized carbons (Fsp3) is 0.286. The zero-order valence-electron chi connectivity index (χ0n) is 12.4. The van der Waals surface area contributed by atoms with Gasteiger partial charge >= 0.3 is 5.69 Å². The lowest BCUT2D eigenvalue weighted by Crippen LogP contribution is -2.19. The first-order chi connectivity index (χ1) is 10.4. The molecule has 3 rings (SSSR count). The van der Waals surface area contributed by atoms with Crippen molar-refractivity contribution in [2.24, 2.45) is 0 Å². The quantitative estimate of drug-likeness (QED) is 0.626. The molecule has 0 aliphatic carbocycles. The van der Waals surface area contributed by atoms with Gasteiger partial charge in [-0.15, -0.1) is 0 Å². The first-order valence-electron chi connectivity index (χ1n) is 6.71. The van der Waals surface area contributed by atoms with Gasteiger partial charge in [0.2, 0.25) is 5.95 Å². The van der Waals surface area contributed by atoms with Crippen molar-refractivity contribution < 1.29 is 0 Å². The third-order valence-electron chi connectivity index (χ3n) is 3.65. The summed E-state index contributed by atoms with van der Waals surface area (Å²) in [5.74, 6) is 0.154. The van der Waals surface area contributed by atoms with E-state index in [0.717, 1.165) is 20.4 Å². The molecule has 0 saturated heterocycles. The molecule has 0 aromatic carbocycles. The van der Waals surface area contributed by atoms with Gasteiger partial charge in [0.25, 0.3) is 0 Å². The second-order valence-electron chi connectivity index (χ2n) is 5.21. The van der Waals surface area contributed by atoms with Gasteiger partial charge in [-0.1, -0.05) is 0 Å². The summed E-state index contributed by atoms with van der Waals surface area (Å²) in [6, 6.07) is 0. The van der Waals surface area contributed by atoms with Gasteiger partial charge in [0.1, 0.15) is 5.52 Å². The summed E-state index contributed by atoms with van der Waals surface area (Å²) in [4.78, 5) is 27.7. The Kier molecular flexibility index (Phi) is 3.63. The SMILES string of the molecule is Cc1cnc(Cn2c(=O)[nH]c3c(C)nc(N)nc32)c(C)c1I. The van der Waals surface area contributed by atoms with E-state index in [0.29, 0.717) is 23.4 Å². The number of fused-ring (bicyclic) bond motifs is 1. The van der Waals surface area contributed by atoms with Gasteiger partial charge < -0.3 is 10.7 Å². The number of aromatic amines is 1. The van der Waals surface area contributed by atoms with Gasteiger partial charge in [0, 0.05) is 9.77 Å². The number of aryl methyl sites for hydroxylation is 2. The average molecular weight is 410 g/mol. The van der Waals surface area contributed by atoms with E-state index in [-0.39, 0.29) is 11.6 Å². The lowest BCUT2D eigenvalue weighted by molar-refractivity contribution is 0.749. The number of rotatable bonds is 2. The zero-order chi connectivity index (χ0) is 16.0. The van der Waals surface area contributed by atoms with Crippen molar-refractivity contribution >= 4 is 39.7 Å². The molecule has 0 aliphatic heterocycles. The molecule has 22 heavy (non-hydrogen) atoms. The summed E-state index contributed by atoms with van der Waals surface area (Å²) in [5.41, 5.74) is 10.3. The minimum Gasteiger partial charge on any atom is -0.368 e. The van der Waals surface area contributed by atoms with Crippen LogP contribution in [-0.4, -0.2) is 24.5 Å². The number of imidazole rings is 1. The standard InChI is InChI=1S/C14H15IN6O/c1-6-4-17-9(7(2)10(6)15)5-21-12-11(19-14(21)22)8(3)18-13(16)20-12/h4H,5H2,1-3H3,(H,19,22)(H2,16,18,20). The highest BCUT2D eigenvalue weighted by molar-refractivity contribution is 14.1. The normalized spacial score (nSPS) is 11.3. The first kappa shape index (κ1) is 14.9. The number of nitrogen functional groups attached to an aromatic ring is 1. The minimum absolute atomic E-state index is 0.154. The van der Waals surface area contributed by atoms with Crippen LogP contribution in [0.1, 0.15) is 22.5 Å². The van der Waals surface area contributed by atoms with Crippen molar-refractivity contribution in [1.82, 2.24) is 24.5 Å². The Labute approximate surface area is 140 Å². The van der Waals surface area contributed by atoms with Crippen molar-refractivity contribution in [2.75, 3.05) is 5.73 Å². The molecule has 3 heterocycles. The molecule has 0 saturated carbocycles. The van der Waals surface area contributed by atoms with Gasteiger partial charge in [-0.05, 0) is 54.5 Å². The number of hydrogen-bond donors (Lipinski definition) is 2. The molecule has 7 nitrogen and oxygen atoms in total. The van der Waals surface area contributed by atoms with Gasteiger partial charge in [0.05, 0.1) is 17.9 Å². The van der Waals surface area contributed by atoms with Gasteiger partial charge in [-0.3, -0.25) is 9.55 Å². The molecule has 0 atom stereocenters. The molecule has 114 valence electrons. The number of nitrogens with two attached hydrogens (primary N) is 1. The highest BCUT2D eigenvalue weighted by Crippen LogP contribution is 2.20. The summed E-state index contributed by atoms with van der Waals surface area (Å²) >= 11 is 2.29. The summed E-state index contributed by atoms with van der Waals surface area (Å²) in [6.07, 6.45) is 1.82. The third-order valence-corrected chi connectivity index (χ3v) is 5.31. The number of anilines is 1. The maximum Gasteiger partial charge on any atom is 0.328 e. The smallest absolute Gasteiger partial charge is 0.328 e. The fourth-order valence-corrected chi connectivity index (χ4v) is 2.85. The number of hydrogen-bond acceptors (Lipinski definition) is 5. The Morgan fingerprint density at radius 3 is 2.77 bits per heavy atom. The topological polar surface area (TPSA) is 102 Å². The van der Waals surface area contributed by atoms with Crippen LogP contribution < -0.4 is 11.4 Å². The number of aromatic nitrogens is 5. The van der Waals surface area contributed by atoms with Crippen LogP contribution in [0.4, 0.5) is 5.95 Å². The molecule has 3 aromatic rings. The fourth-order valence-electron chi connectivity index (χ4n) is 2.40. The third kappa shape index (κ3) is 2.36. The molecule has 0 unspecified atom stereocenters. The summed E-state index contributed by atoms with van der Waals surface area (Å²) in [5, 5.41) is 0. The van der Waals surface area contributed by atoms with E-state index < -0.39 is 0 Å². The lowest BCUT2D eigenvalue weighted by Gasteiger charge is -2.09. The van der Waals surface area contributed by atoms with Crippen LogP contribution in [0.5, 0.6) is 0 Å². The predicted octanol–water partition coefficient (Wildman–Crippen LogP) is 1.67. The van der Waals surface area contributed by atoms with E-state index in [4.69, 9.17) is 5.73 Å². The number of halogens is 1. The van der Waals surface area contributed by atoms with E-state index in [1.807, 2.05) is 20.0 Å². The van der Waals surface area contributed by atoms with Crippen LogP contribution in [0, 0.1) is 24.3 Å². The van der Waals surface area contributed by atoms with Crippen LogP contribution in [0.3, 0.4) is 0 Å². The summed E-state index contributed by atoms with van der Waals surface area (Å²) in [7, 11) is 0. The average Bonchev–Trinajstić information content (AvgIpc) is 2.76. The van der Waals surface area contributed by atoms with Gasteiger partial charge in [-0.25, -0.2) is 9.78 Å². The Morgan fingerprint density at radius 1 is 1.32 bits per heavy atom. The first-order valence-corrected chi connectivity index (χ1v) is 7.79. The zero-order valence-corrected chi connectivity index (χ0v) is 14.6. The molecule has 3 aromatic heterocycles. The molecule has 0 radical (unpaired) electrons. The number of H-pyrrole nitrogens is 1. The number of nitrogens with zero attached hydrogens (tertiary/aromatic N) is 4. The minimum atomic E-state index is -0.241. The molecule has 0 amide bonds. The lowest BCUT2D eigenvalue weighted by atomic mass is 10.1. The van der Waals surface area contributed by atoms with Crippen molar-refractivity contribution in [3.63, 3.8) is 0 Å². The summed E-state index contributed by atoms with van der Waals surface area (Å²) < 4.78 is 2.70. The van der Waals surface area contributed by atoms with Crippen molar-refractivity contribution in [2.45, 2.75) is 27.3 Å². The molecule has 0 spiro atoms. The summed E-state index contributed by atoms with van der Waals surface area (Å²) in [6.45, 7) is 6.15. The highest BCUT2D eigenvalue weighted by Gasteiger charge is 2.15. The molecule has 8 heteroatoms. The van der Waals surface area contributed by atoms with E-state index in [2.05, 4.69) is 42.5 Å². The Balaban J connectivity index is 2.18. The molecule has 3 N–H and O–H groups in total. The van der Waals surface area contributed by atoms with Gasteiger partial charge in [0.15, 0.2) is 5.65 Å². The largest absolute Gasteiger partial charge is 0.368 e. The van der Waals surface area contributed by atoms with Crippen LogP contribution in [0.2, 0.25) is 0 Å². The van der Waals surface area contributed by atoms with Crippen LogP contribution >= 0.6 is 22.6 Å². The molecule has 0 aliphatic rings. The van der Waals surface area contributed by atoms with Crippen LogP contribution in [0.25, 0.3) is 11.2 Å². The molecule has 0 fully saturated rings. The Bertz CT molecular complexity index is 943. The van der Waals surface area contributed by atoms with Crippen molar-refractivity contribution in [1.29, 1.82) is 0 Å². The van der Waals surface area contributed by atoms with E-state index in [1.165, 1.54) is 0 Å². The monoisotopic (exact) mass is 410 g/mol. The predicted molar refractivity (Wildman–Crippen MR) is 92.8 cm³/mol. The van der Waals surface area contributed by atoms with Crippen molar-refractivity contribution in [3.05, 3.63) is 42.8 Å². The van der Waals surface area contributed by atoms with E-state index in [1.54, 1.807) is 11.5 Å². The maximum atomic E-state index is 12.2. The molecule has 0 bridgehead atoms. The highest BCUT2D eigenvalue weighted by atomic mass is 127.